The fraction of sp³-hybridized carbons (Fsp3) is 0.474. The Kier molecular flexibility index (Phi) is 6.53. The van der Waals surface area contributed by atoms with Crippen LogP contribution in [0, 0.1) is 12.8 Å². The van der Waals surface area contributed by atoms with Crippen molar-refractivity contribution in [3.8, 4) is 0 Å². The summed E-state index contributed by atoms with van der Waals surface area (Å²) in [5.41, 5.74) is 7.93. The third-order valence-corrected chi connectivity index (χ3v) is 4.26. The second-order valence-electron chi connectivity index (χ2n) is 6.08. The third-order valence-electron chi connectivity index (χ3n) is 4.26. The number of likely N-dealkylation sites (tertiary alicyclic amines) is 1. The van der Waals surface area contributed by atoms with Gasteiger partial charge in [0.15, 0.2) is 0 Å². The molecule has 1 aliphatic rings. The van der Waals surface area contributed by atoms with Gasteiger partial charge in [0.1, 0.15) is 11.7 Å². The molecular weight excluding hydrogens is 284 g/mol. The van der Waals surface area contributed by atoms with Gasteiger partial charge >= 0.3 is 0 Å². The molecule has 1 aromatic rings. The lowest BCUT2D eigenvalue weighted by Crippen LogP contribution is -2.39. The normalized spacial score (nSPS) is 18.0. The van der Waals surface area contributed by atoms with Crippen LogP contribution in [-0.2, 0) is 0 Å². The molecule has 4 heteroatoms. The lowest BCUT2D eigenvalue weighted by atomic mass is 9.97. The van der Waals surface area contributed by atoms with Crippen LogP contribution in [0.5, 0.6) is 0 Å². The molecule has 0 saturated carbocycles. The number of rotatable bonds is 3. The van der Waals surface area contributed by atoms with Crippen molar-refractivity contribution in [1.82, 2.24) is 4.90 Å². The molecule has 1 heterocycles. The van der Waals surface area contributed by atoms with Crippen LogP contribution in [0.1, 0.15) is 32.3 Å². The maximum Gasteiger partial charge on any atom is 0.130 e. The van der Waals surface area contributed by atoms with Gasteiger partial charge in [-0.1, -0.05) is 24.3 Å². The Balaban J connectivity index is 2.17. The average Bonchev–Trinajstić information content (AvgIpc) is 2.57. The van der Waals surface area contributed by atoms with Crippen LogP contribution in [0.3, 0.4) is 0 Å². The predicted octanol–water partition coefficient (Wildman–Crippen LogP) is 3.69. The van der Waals surface area contributed by atoms with E-state index in [4.69, 9.17) is 10.7 Å². The molecule has 2 N–H and O–H groups in total. The Morgan fingerprint density at radius 2 is 2.00 bits per heavy atom. The summed E-state index contributed by atoms with van der Waals surface area (Å²) in [5, 5.41) is 0. The van der Waals surface area contributed by atoms with Gasteiger partial charge in [0, 0.05) is 13.1 Å². The second-order valence-corrected chi connectivity index (χ2v) is 6.08. The molecule has 23 heavy (non-hydrogen) atoms. The first-order chi connectivity index (χ1) is 11.1. The molecule has 0 radical (unpaired) electrons. The Bertz CT molecular complexity index is 593. The van der Waals surface area contributed by atoms with Gasteiger partial charge in [-0.3, -0.25) is 0 Å². The molecule has 0 bridgehead atoms. The SMILES string of the molecule is C/C=C\C(=NC(C)=Nc1ccccc1C)N1CCC(CN)CC1. The van der Waals surface area contributed by atoms with Crippen LogP contribution < -0.4 is 5.73 Å². The smallest absolute Gasteiger partial charge is 0.130 e. The number of amidine groups is 2. The van der Waals surface area contributed by atoms with Gasteiger partial charge in [0.25, 0.3) is 0 Å². The van der Waals surface area contributed by atoms with Crippen LogP contribution in [0.2, 0.25) is 0 Å². The van der Waals surface area contributed by atoms with Gasteiger partial charge in [-0.25, -0.2) is 9.98 Å². The number of nitrogens with zero attached hydrogens (tertiary/aromatic N) is 3. The van der Waals surface area contributed by atoms with Crippen LogP contribution in [0.25, 0.3) is 0 Å². The zero-order chi connectivity index (χ0) is 16.7. The first kappa shape index (κ1) is 17.4. The summed E-state index contributed by atoms with van der Waals surface area (Å²) >= 11 is 0. The first-order valence-electron chi connectivity index (χ1n) is 8.41. The summed E-state index contributed by atoms with van der Waals surface area (Å²) in [6.07, 6.45) is 6.39. The molecule has 2 rings (SSSR count). The molecule has 0 amide bonds. The van der Waals surface area contributed by atoms with Crippen molar-refractivity contribution in [1.29, 1.82) is 0 Å². The van der Waals surface area contributed by atoms with Gasteiger partial charge in [0.05, 0.1) is 5.69 Å². The minimum Gasteiger partial charge on any atom is -0.357 e. The number of allylic oxidation sites excluding steroid dienone is 1. The monoisotopic (exact) mass is 312 g/mol. The van der Waals surface area contributed by atoms with Crippen molar-refractivity contribution in [2.45, 2.75) is 33.6 Å². The van der Waals surface area contributed by atoms with E-state index in [9.17, 15) is 0 Å². The minimum atomic E-state index is 0.653. The van der Waals surface area contributed by atoms with E-state index in [-0.39, 0.29) is 0 Å². The van der Waals surface area contributed by atoms with Crippen molar-refractivity contribution < 1.29 is 0 Å². The minimum absolute atomic E-state index is 0.653. The largest absolute Gasteiger partial charge is 0.357 e. The molecule has 0 spiro atoms. The molecule has 1 saturated heterocycles. The fourth-order valence-electron chi connectivity index (χ4n) is 2.81. The lowest BCUT2D eigenvalue weighted by Gasteiger charge is -2.32. The number of hydrogen-bond donors (Lipinski definition) is 1. The van der Waals surface area contributed by atoms with E-state index in [1.54, 1.807) is 0 Å². The van der Waals surface area contributed by atoms with Crippen molar-refractivity contribution in [3.63, 3.8) is 0 Å². The zero-order valence-electron chi connectivity index (χ0n) is 14.5. The topological polar surface area (TPSA) is 54.0 Å². The van der Waals surface area contributed by atoms with E-state index in [2.05, 4.69) is 29.0 Å². The highest BCUT2D eigenvalue weighted by atomic mass is 15.2. The summed E-state index contributed by atoms with van der Waals surface area (Å²) in [5.74, 6) is 2.44. The predicted molar refractivity (Wildman–Crippen MR) is 99.5 cm³/mol. The quantitative estimate of drug-likeness (QED) is 0.683. The lowest BCUT2D eigenvalue weighted by molar-refractivity contribution is 0.272. The number of aliphatic imine (C=N–C) groups is 2. The van der Waals surface area contributed by atoms with E-state index in [0.29, 0.717) is 5.92 Å². The molecule has 4 nitrogen and oxygen atoms in total. The number of para-hydroxylation sites is 1. The maximum atomic E-state index is 5.78. The van der Waals surface area contributed by atoms with E-state index >= 15 is 0 Å². The molecule has 0 aromatic heterocycles. The molecule has 0 atom stereocenters. The Hall–Kier alpha value is -1.94. The molecule has 1 fully saturated rings. The van der Waals surface area contributed by atoms with Gasteiger partial charge in [-0.2, -0.15) is 0 Å². The van der Waals surface area contributed by atoms with E-state index < -0.39 is 0 Å². The van der Waals surface area contributed by atoms with Gasteiger partial charge in [-0.05, 0) is 63.8 Å². The second kappa shape index (κ2) is 8.63. The number of benzene rings is 1. The summed E-state index contributed by atoms with van der Waals surface area (Å²) in [4.78, 5) is 11.7. The van der Waals surface area contributed by atoms with E-state index in [1.807, 2.05) is 38.1 Å². The standard InChI is InChI=1S/C19H28N4/c1-4-7-19(23-12-10-17(14-20)11-13-23)22-16(3)21-18-9-6-5-8-15(18)2/h4-9,17H,10-14,20H2,1-3H3/b7-4-,21-16?,22-19?. The highest BCUT2D eigenvalue weighted by molar-refractivity contribution is 6.02. The van der Waals surface area contributed by atoms with E-state index in [0.717, 1.165) is 49.8 Å². The Morgan fingerprint density at radius 1 is 1.30 bits per heavy atom. The van der Waals surface area contributed by atoms with Gasteiger partial charge in [-0.15, -0.1) is 0 Å². The molecular formula is C19H28N4. The van der Waals surface area contributed by atoms with Crippen molar-refractivity contribution in [2.75, 3.05) is 19.6 Å². The Labute approximate surface area is 139 Å². The highest BCUT2D eigenvalue weighted by Crippen LogP contribution is 2.19. The fourth-order valence-corrected chi connectivity index (χ4v) is 2.81. The number of hydrogen-bond acceptors (Lipinski definition) is 2. The first-order valence-corrected chi connectivity index (χ1v) is 8.41. The van der Waals surface area contributed by atoms with Crippen molar-refractivity contribution in [3.05, 3.63) is 42.0 Å². The molecule has 0 aliphatic carbocycles. The summed E-state index contributed by atoms with van der Waals surface area (Å²) in [7, 11) is 0. The van der Waals surface area contributed by atoms with Crippen LogP contribution in [-0.4, -0.2) is 36.2 Å². The average molecular weight is 312 g/mol. The third kappa shape index (κ3) is 5.03. The van der Waals surface area contributed by atoms with Crippen molar-refractivity contribution in [2.24, 2.45) is 21.6 Å². The summed E-state index contributed by atoms with van der Waals surface area (Å²) < 4.78 is 0. The molecule has 0 unspecified atom stereocenters. The summed E-state index contributed by atoms with van der Waals surface area (Å²) in [6, 6.07) is 8.13. The number of piperidine rings is 1. The summed E-state index contributed by atoms with van der Waals surface area (Å²) in [6.45, 7) is 8.88. The molecule has 124 valence electrons. The Morgan fingerprint density at radius 3 is 2.61 bits per heavy atom. The van der Waals surface area contributed by atoms with E-state index in [1.165, 1.54) is 5.56 Å². The van der Waals surface area contributed by atoms with Gasteiger partial charge < -0.3 is 10.6 Å². The number of nitrogens with two attached hydrogens (primary N) is 1. The van der Waals surface area contributed by atoms with Crippen LogP contribution >= 0.6 is 0 Å². The highest BCUT2D eigenvalue weighted by Gasteiger charge is 2.19. The van der Waals surface area contributed by atoms with Gasteiger partial charge in [0.2, 0.25) is 0 Å². The molecule has 1 aromatic carbocycles. The molecule has 1 aliphatic heterocycles. The number of aryl methyl sites for hydroxylation is 1. The zero-order valence-corrected chi connectivity index (χ0v) is 14.5. The van der Waals surface area contributed by atoms with Crippen molar-refractivity contribution >= 4 is 17.4 Å². The maximum absolute atomic E-state index is 5.78. The van der Waals surface area contributed by atoms with Crippen LogP contribution in [0.15, 0.2) is 46.4 Å². The van der Waals surface area contributed by atoms with Crippen LogP contribution in [0.4, 0.5) is 5.69 Å².